The summed E-state index contributed by atoms with van der Waals surface area (Å²) in [6, 6.07) is 15.3. The highest BCUT2D eigenvalue weighted by atomic mass is 32.2. The zero-order chi connectivity index (χ0) is 24.2. The van der Waals surface area contributed by atoms with Crippen molar-refractivity contribution in [1.82, 2.24) is 9.55 Å². The number of carbonyl (C=O) groups excluding carboxylic acids is 1. The van der Waals surface area contributed by atoms with Crippen molar-refractivity contribution in [3.63, 3.8) is 0 Å². The summed E-state index contributed by atoms with van der Waals surface area (Å²) in [6.07, 6.45) is 0.317. The molecular weight excluding hydrogens is 471 g/mol. The Morgan fingerprint density at radius 1 is 1.21 bits per heavy atom. The number of nitrogens with zero attached hydrogens (tertiary/aromatic N) is 3. The molecule has 0 atom stereocenters. The van der Waals surface area contributed by atoms with Crippen LogP contribution in [0.4, 0.5) is 10.1 Å². The maximum Gasteiger partial charge on any atom is 0.263 e. The Labute approximate surface area is 204 Å². The third kappa shape index (κ3) is 4.88. The molecule has 0 saturated heterocycles. The lowest BCUT2D eigenvalue weighted by atomic mass is 10.0. The molecule has 0 unspecified atom stereocenters. The summed E-state index contributed by atoms with van der Waals surface area (Å²) >= 11 is 2.62. The highest BCUT2D eigenvalue weighted by molar-refractivity contribution is 7.99. The third-order valence-corrected chi connectivity index (χ3v) is 7.23. The lowest BCUT2D eigenvalue weighted by molar-refractivity contribution is -0.113. The fraction of sp³-hybridized carbons (Fsp3) is 0.200. The lowest BCUT2D eigenvalue weighted by Crippen LogP contribution is -2.23. The Hall–Kier alpha value is -3.48. The van der Waals surface area contributed by atoms with Gasteiger partial charge in [0.2, 0.25) is 5.91 Å². The maximum absolute atomic E-state index is 13.4. The van der Waals surface area contributed by atoms with Gasteiger partial charge in [0, 0.05) is 22.7 Å². The number of aromatic nitrogens is 2. The minimum absolute atomic E-state index is 0.0903. The first-order valence-electron chi connectivity index (χ1n) is 10.6. The summed E-state index contributed by atoms with van der Waals surface area (Å²) in [5.41, 5.74) is 2.89. The summed E-state index contributed by atoms with van der Waals surface area (Å²) in [6.45, 7) is 4.19. The number of hydrogen-bond donors (Lipinski definition) is 1. The van der Waals surface area contributed by atoms with E-state index < -0.39 is 0 Å². The van der Waals surface area contributed by atoms with Gasteiger partial charge in [-0.1, -0.05) is 36.0 Å². The van der Waals surface area contributed by atoms with E-state index in [4.69, 9.17) is 10.2 Å². The molecule has 172 valence electrons. The van der Waals surface area contributed by atoms with Gasteiger partial charge in [-0.25, -0.2) is 9.37 Å². The highest BCUT2D eigenvalue weighted by Crippen LogP contribution is 2.36. The van der Waals surface area contributed by atoms with E-state index in [0.29, 0.717) is 34.0 Å². The number of halogens is 1. The Morgan fingerprint density at radius 3 is 2.56 bits per heavy atom. The van der Waals surface area contributed by atoms with Crippen LogP contribution >= 0.6 is 23.1 Å². The molecule has 0 aliphatic carbocycles. The van der Waals surface area contributed by atoms with E-state index in [1.807, 2.05) is 13.8 Å². The van der Waals surface area contributed by atoms with Crippen molar-refractivity contribution >= 4 is 44.9 Å². The van der Waals surface area contributed by atoms with E-state index in [-0.39, 0.29) is 23.0 Å². The Bertz CT molecular complexity index is 1450. The fourth-order valence-electron chi connectivity index (χ4n) is 3.65. The number of fused-ring (bicyclic) bond motifs is 1. The summed E-state index contributed by atoms with van der Waals surface area (Å²) in [4.78, 5) is 32.1. The van der Waals surface area contributed by atoms with Gasteiger partial charge in [-0.2, -0.15) is 5.26 Å². The number of thiophene rings is 1. The molecule has 34 heavy (non-hydrogen) atoms. The molecular formula is C25H21FN4O2S2. The van der Waals surface area contributed by atoms with Gasteiger partial charge in [0.1, 0.15) is 10.6 Å². The number of benzene rings is 2. The first-order valence-corrected chi connectivity index (χ1v) is 12.4. The number of carbonyl (C=O) groups is 1. The molecule has 2 aromatic carbocycles. The molecule has 0 spiro atoms. The minimum Gasteiger partial charge on any atom is -0.325 e. The Kier molecular flexibility index (Phi) is 7.10. The SMILES string of the molecule is CCn1c(SCC(=O)Nc2ccc(CC#N)cc2)nc2sc(C)c(-c3ccc(F)cc3)c2c1=O. The molecule has 0 fully saturated rings. The van der Waals surface area contributed by atoms with Crippen molar-refractivity contribution in [1.29, 1.82) is 5.26 Å². The number of aryl methyl sites for hydroxylation is 1. The number of anilines is 1. The molecule has 0 bridgehead atoms. The van der Waals surface area contributed by atoms with Gasteiger partial charge < -0.3 is 5.32 Å². The van der Waals surface area contributed by atoms with Gasteiger partial charge in [-0.15, -0.1) is 11.3 Å². The minimum atomic E-state index is -0.333. The van der Waals surface area contributed by atoms with E-state index in [1.165, 1.54) is 35.2 Å². The maximum atomic E-state index is 13.4. The van der Waals surface area contributed by atoms with Gasteiger partial charge in [-0.3, -0.25) is 14.2 Å². The predicted octanol–water partition coefficient (Wildman–Crippen LogP) is 5.39. The van der Waals surface area contributed by atoms with E-state index >= 15 is 0 Å². The third-order valence-electron chi connectivity index (χ3n) is 5.26. The van der Waals surface area contributed by atoms with Crippen molar-refractivity contribution in [3.8, 4) is 17.2 Å². The highest BCUT2D eigenvalue weighted by Gasteiger charge is 2.20. The smallest absolute Gasteiger partial charge is 0.263 e. The van der Waals surface area contributed by atoms with Gasteiger partial charge in [-0.05, 0) is 49.2 Å². The standard InChI is InChI=1S/C25H21FN4O2S2/c1-3-30-24(32)22-21(17-6-8-18(26)9-7-17)15(2)34-23(22)29-25(30)33-14-20(31)28-19-10-4-16(5-11-19)12-13-27/h4-11H,3,12,14H2,1-2H3,(H,28,31). The van der Waals surface area contributed by atoms with Crippen LogP contribution in [0.3, 0.4) is 0 Å². The molecule has 2 aromatic heterocycles. The zero-order valence-electron chi connectivity index (χ0n) is 18.6. The van der Waals surface area contributed by atoms with Gasteiger partial charge in [0.25, 0.3) is 5.56 Å². The first-order chi connectivity index (χ1) is 16.4. The first kappa shape index (κ1) is 23.7. The summed E-state index contributed by atoms with van der Waals surface area (Å²) in [7, 11) is 0. The van der Waals surface area contributed by atoms with Crippen LogP contribution in [0.1, 0.15) is 17.4 Å². The number of nitrogens with one attached hydrogen (secondary N) is 1. The average molecular weight is 493 g/mol. The van der Waals surface area contributed by atoms with Crippen LogP contribution in [0.2, 0.25) is 0 Å². The number of amides is 1. The van der Waals surface area contributed by atoms with Gasteiger partial charge in [0.05, 0.1) is 23.6 Å². The van der Waals surface area contributed by atoms with Crippen LogP contribution in [0.15, 0.2) is 58.5 Å². The van der Waals surface area contributed by atoms with Crippen molar-refractivity contribution in [2.24, 2.45) is 0 Å². The Balaban J connectivity index is 1.58. The molecule has 4 rings (SSSR count). The molecule has 1 N–H and O–H groups in total. The van der Waals surface area contributed by atoms with Crippen LogP contribution in [0.5, 0.6) is 0 Å². The molecule has 6 nitrogen and oxygen atoms in total. The molecule has 0 saturated carbocycles. The molecule has 1 amide bonds. The van der Waals surface area contributed by atoms with Crippen LogP contribution < -0.4 is 10.9 Å². The quantitative estimate of drug-likeness (QED) is 0.276. The van der Waals surface area contributed by atoms with Crippen molar-refractivity contribution in [3.05, 3.63) is 75.1 Å². The second-order valence-electron chi connectivity index (χ2n) is 7.53. The summed E-state index contributed by atoms with van der Waals surface area (Å²) in [5.74, 6) is -0.461. The van der Waals surface area contributed by atoms with Crippen LogP contribution in [0.25, 0.3) is 21.3 Å². The van der Waals surface area contributed by atoms with Crippen LogP contribution in [-0.4, -0.2) is 21.2 Å². The fourth-order valence-corrected chi connectivity index (χ4v) is 5.60. The van der Waals surface area contributed by atoms with E-state index in [0.717, 1.165) is 21.6 Å². The molecule has 0 aliphatic heterocycles. The van der Waals surface area contributed by atoms with Crippen molar-refractivity contribution in [2.45, 2.75) is 32.0 Å². The lowest BCUT2D eigenvalue weighted by Gasteiger charge is -2.11. The number of thioether (sulfide) groups is 1. The summed E-state index contributed by atoms with van der Waals surface area (Å²) in [5, 5.41) is 12.6. The second kappa shape index (κ2) is 10.2. The van der Waals surface area contributed by atoms with E-state index in [2.05, 4.69) is 11.4 Å². The monoisotopic (exact) mass is 492 g/mol. The van der Waals surface area contributed by atoms with E-state index in [1.54, 1.807) is 41.0 Å². The number of hydrogen-bond acceptors (Lipinski definition) is 6. The zero-order valence-corrected chi connectivity index (χ0v) is 20.2. The van der Waals surface area contributed by atoms with E-state index in [9.17, 15) is 14.0 Å². The molecule has 4 aromatic rings. The normalized spacial score (nSPS) is 10.9. The van der Waals surface area contributed by atoms with Gasteiger partial charge >= 0.3 is 0 Å². The summed E-state index contributed by atoms with van der Waals surface area (Å²) < 4.78 is 15.0. The van der Waals surface area contributed by atoms with Crippen molar-refractivity contribution in [2.75, 3.05) is 11.1 Å². The Morgan fingerprint density at radius 2 is 1.91 bits per heavy atom. The average Bonchev–Trinajstić information content (AvgIpc) is 3.16. The number of rotatable bonds is 7. The largest absolute Gasteiger partial charge is 0.325 e. The predicted molar refractivity (Wildman–Crippen MR) is 135 cm³/mol. The van der Waals surface area contributed by atoms with Crippen LogP contribution in [0, 0.1) is 24.1 Å². The molecule has 0 aliphatic rings. The molecule has 2 heterocycles. The number of nitriles is 1. The second-order valence-corrected chi connectivity index (χ2v) is 9.68. The topological polar surface area (TPSA) is 87.8 Å². The van der Waals surface area contributed by atoms with Crippen LogP contribution in [-0.2, 0) is 17.8 Å². The van der Waals surface area contributed by atoms with Crippen molar-refractivity contribution < 1.29 is 9.18 Å². The molecule has 0 radical (unpaired) electrons. The van der Waals surface area contributed by atoms with Gasteiger partial charge in [0.15, 0.2) is 5.16 Å². The molecule has 9 heteroatoms.